The standard InChI is InChI=1S/C23H15ClN6S/c1-14-9-16(3-2-8-25)10-19(24)21(14)30-20(31)11-17-13-27-23(29-22(17)30)28-18-6-4-15(12-26)5-7-18/h2-7,9-10,13H,11H2,1H3,(H,27,28,29)/b3-2+. The third kappa shape index (κ3) is 4.10. The zero-order chi connectivity index (χ0) is 22.0. The summed E-state index contributed by atoms with van der Waals surface area (Å²) in [5.41, 5.74) is 4.79. The Morgan fingerprint density at radius 1 is 1.23 bits per heavy atom. The Hall–Kier alpha value is -3.78. The Balaban J connectivity index is 1.70. The van der Waals surface area contributed by atoms with Crippen LogP contribution < -0.4 is 10.2 Å². The van der Waals surface area contributed by atoms with Gasteiger partial charge in [-0.2, -0.15) is 15.5 Å². The molecule has 0 saturated heterocycles. The van der Waals surface area contributed by atoms with Crippen LogP contribution in [0.25, 0.3) is 6.08 Å². The van der Waals surface area contributed by atoms with Crippen molar-refractivity contribution in [3.8, 4) is 12.1 Å². The fourth-order valence-corrected chi connectivity index (χ4v) is 4.09. The van der Waals surface area contributed by atoms with Crippen LogP contribution in [-0.4, -0.2) is 15.0 Å². The number of nitriles is 2. The summed E-state index contributed by atoms with van der Waals surface area (Å²) in [6.07, 6.45) is 5.43. The largest absolute Gasteiger partial charge is 0.324 e. The van der Waals surface area contributed by atoms with E-state index in [1.165, 1.54) is 6.08 Å². The highest BCUT2D eigenvalue weighted by Gasteiger charge is 2.30. The maximum Gasteiger partial charge on any atom is 0.229 e. The average Bonchev–Trinajstić information content (AvgIpc) is 3.07. The van der Waals surface area contributed by atoms with Gasteiger partial charge in [-0.05, 0) is 60.5 Å². The lowest BCUT2D eigenvalue weighted by Gasteiger charge is -2.23. The SMILES string of the molecule is Cc1cc(/C=C/C#N)cc(Cl)c1N1C(=S)Cc2cnc(Nc3ccc(C#N)cc3)nc21. The minimum absolute atomic E-state index is 0.417. The van der Waals surface area contributed by atoms with Gasteiger partial charge < -0.3 is 5.32 Å². The maximum absolute atomic E-state index is 8.95. The molecule has 0 unspecified atom stereocenters. The molecule has 0 spiro atoms. The van der Waals surface area contributed by atoms with E-state index in [4.69, 9.17) is 34.3 Å². The van der Waals surface area contributed by atoms with Crippen molar-refractivity contribution in [3.63, 3.8) is 0 Å². The number of rotatable bonds is 4. The number of anilines is 4. The van der Waals surface area contributed by atoms with E-state index >= 15 is 0 Å². The number of nitrogens with one attached hydrogen (secondary N) is 1. The first kappa shape index (κ1) is 20.5. The number of aryl methyl sites for hydroxylation is 1. The lowest BCUT2D eigenvalue weighted by molar-refractivity contribution is 1.12. The molecule has 1 N–H and O–H groups in total. The van der Waals surface area contributed by atoms with E-state index in [0.29, 0.717) is 33.8 Å². The summed E-state index contributed by atoms with van der Waals surface area (Å²) in [5, 5.41) is 21.4. The molecule has 0 atom stereocenters. The van der Waals surface area contributed by atoms with E-state index in [1.54, 1.807) is 42.6 Å². The number of hydrogen-bond donors (Lipinski definition) is 1. The molecule has 0 amide bonds. The third-order valence-corrected chi connectivity index (χ3v) is 5.38. The summed E-state index contributed by atoms with van der Waals surface area (Å²) < 4.78 is 0. The van der Waals surface area contributed by atoms with Gasteiger partial charge in [-0.15, -0.1) is 0 Å². The third-order valence-electron chi connectivity index (χ3n) is 4.76. The number of halogens is 1. The molecule has 0 radical (unpaired) electrons. The van der Waals surface area contributed by atoms with E-state index in [9.17, 15) is 0 Å². The van der Waals surface area contributed by atoms with Gasteiger partial charge in [-0.1, -0.05) is 23.8 Å². The van der Waals surface area contributed by atoms with E-state index in [1.807, 2.05) is 24.0 Å². The molecule has 0 fully saturated rings. The predicted octanol–water partition coefficient (Wildman–Crippen LogP) is 5.61. The number of allylic oxidation sites excluding steroid dienone is 1. The number of benzene rings is 2. The van der Waals surface area contributed by atoms with Crippen LogP contribution in [0.3, 0.4) is 0 Å². The normalized spacial score (nSPS) is 12.5. The molecule has 6 nitrogen and oxygen atoms in total. The minimum Gasteiger partial charge on any atom is -0.324 e. The van der Waals surface area contributed by atoms with Crippen LogP contribution in [0.4, 0.5) is 23.1 Å². The Bertz CT molecular complexity index is 1280. The molecule has 1 aliphatic rings. The quantitative estimate of drug-likeness (QED) is 0.414. The zero-order valence-corrected chi connectivity index (χ0v) is 18.0. The molecule has 3 aromatic rings. The van der Waals surface area contributed by atoms with Crippen LogP contribution in [0.15, 0.2) is 48.7 Å². The minimum atomic E-state index is 0.417. The molecule has 2 heterocycles. The molecular weight excluding hydrogens is 428 g/mol. The zero-order valence-electron chi connectivity index (χ0n) is 16.4. The molecule has 150 valence electrons. The van der Waals surface area contributed by atoms with E-state index in [2.05, 4.69) is 21.4 Å². The van der Waals surface area contributed by atoms with Crippen molar-refractivity contribution < 1.29 is 0 Å². The maximum atomic E-state index is 8.95. The van der Waals surface area contributed by atoms with Gasteiger partial charge in [-0.25, -0.2) is 4.98 Å². The fraction of sp³-hybridized carbons (Fsp3) is 0.0870. The number of hydrogen-bond acceptors (Lipinski definition) is 6. The Labute approximate surface area is 190 Å². The van der Waals surface area contributed by atoms with Gasteiger partial charge in [0.05, 0.1) is 33.4 Å². The first-order chi connectivity index (χ1) is 15.0. The van der Waals surface area contributed by atoms with Gasteiger partial charge in [0.1, 0.15) is 5.82 Å². The van der Waals surface area contributed by atoms with Crippen molar-refractivity contribution in [2.75, 3.05) is 10.2 Å². The molecule has 31 heavy (non-hydrogen) atoms. The smallest absolute Gasteiger partial charge is 0.229 e. The van der Waals surface area contributed by atoms with Crippen molar-refractivity contribution in [2.45, 2.75) is 13.3 Å². The van der Waals surface area contributed by atoms with Crippen molar-refractivity contribution >= 4 is 58.0 Å². The van der Waals surface area contributed by atoms with Crippen LogP contribution in [0, 0.1) is 29.6 Å². The molecule has 0 aliphatic carbocycles. The Morgan fingerprint density at radius 2 is 2.00 bits per heavy atom. The summed E-state index contributed by atoms with van der Waals surface area (Å²) in [5.74, 6) is 1.10. The number of aromatic nitrogens is 2. The molecule has 2 aromatic carbocycles. The van der Waals surface area contributed by atoms with Gasteiger partial charge in [-0.3, -0.25) is 4.90 Å². The highest BCUT2D eigenvalue weighted by Crippen LogP contribution is 2.41. The van der Waals surface area contributed by atoms with Crippen LogP contribution in [0.2, 0.25) is 5.02 Å². The predicted molar refractivity (Wildman–Crippen MR) is 126 cm³/mol. The van der Waals surface area contributed by atoms with E-state index in [0.717, 1.165) is 28.1 Å². The van der Waals surface area contributed by atoms with Gasteiger partial charge in [0.15, 0.2) is 0 Å². The average molecular weight is 443 g/mol. The first-order valence-corrected chi connectivity index (χ1v) is 10.1. The van der Waals surface area contributed by atoms with Crippen molar-refractivity contribution in [2.24, 2.45) is 0 Å². The van der Waals surface area contributed by atoms with Gasteiger partial charge in [0, 0.05) is 29.9 Å². The van der Waals surface area contributed by atoms with Crippen molar-refractivity contribution in [3.05, 3.63) is 75.9 Å². The molecular formula is C23H15ClN6S. The summed E-state index contributed by atoms with van der Waals surface area (Å²) in [7, 11) is 0. The highest BCUT2D eigenvalue weighted by molar-refractivity contribution is 7.80. The number of nitrogens with zero attached hydrogens (tertiary/aromatic N) is 5. The molecule has 0 bridgehead atoms. The summed E-state index contributed by atoms with van der Waals surface area (Å²) in [6, 6.07) is 14.9. The van der Waals surface area contributed by atoms with Crippen molar-refractivity contribution in [1.29, 1.82) is 10.5 Å². The monoisotopic (exact) mass is 442 g/mol. The van der Waals surface area contributed by atoms with Crippen LogP contribution in [-0.2, 0) is 6.42 Å². The van der Waals surface area contributed by atoms with Gasteiger partial charge in [0.25, 0.3) is 0 Å². The molecule has 0 saturated carbocycles. The fourth-order valence-electron chi connectivity index (χ4n) is 3.40. The Kier molecular flexibility index (Phi) is 5.64. The second kappa shape index (κ2) is 8.53. The molecule has 1 aromatic heterocycles. The van der Waals surface area contributed by atoms with Crippen LogP contribution in [0.1, 0.15) is 22.3 Å². The topological polar surface area (TPSA) is 88.6 Å². The van der Waals surface area contributed by atoms with Gasteiger partial charge >= 0.3 is 0 Å². The lowest BCUT2D eigenvalue weighted by Crippen LogP contribution is -2.21. The molecule has 1 aliphatic heterocycles. The molecule has 8 heteroatoms. The summed E-state index contributed by atoms with van der Waals surface area (Å²) in [6.45, 7) is 1.95. The number of thiocarbonyl (C=S) groups is 1. The lowest BCUT2D eigenvalue weighted by atomic mass is 10.1. The second-order valence-corrected chi connectivity index (χ2v) is 7.77. The van der Waals surface area contributed by atoms with Crippen LogP contribution in [0.5, 0.6) is 0 Å². The van der Waals surface area contributed by atoms with Crippen molar-refractivity contribution in [1.82, 2.24) is 9.97 Å². The Morgan fingerprint density at radius 3 is 2.68 bits per heavy atom. The van der Waals surface area contributed by atoms with Gasteiger partial charge in [0.2, 0.25) is 5.95 Å². The van der Waals surface area contributed by atoms with Crippen LogP contribution >= 0.6 is 23.8 Å². The summed E-state index contributed by atoms with van der Waals surface area (Å²) >= 11 is 12.3. The van der Waals surface area contributed by atoms with E-state index < -0.39 is 0 Å². The second-order valence-electron chi connectivity index (χ2n) is 6.89. The first-order valence-electron chi connectivity index (χ1n) is 9.32. The molecule has 4 rings (SSSR count). The number of fused-ring (bicyclic) bond motifs is 1. The highest BCUT2D eigenvalue weighted by atomic mass is 35.5. The summed E-state index contributed by atoms with van der Waals surface area (Å²) in [4.78, 5) is 11.7. The van der Waals surface area contributed by atoms with E-state index in [-0.39, 0.29) is 0 Å².